The van der Waals surface area contributed by atoms with Gasteiger partial charge in [-0.25, -0.2) is 0 Å². The summed E-state index contributed by atoms with van der Waals surface area (Å²) in [5.74, 6) is 0.267. The maximum atomic E-state index is 12.5. The maximum Gasteiger partial charge on any atom is 0.255 e. The Morgan fingerprint density at radius 2 is 1.68 bits per heavy atom. The molecule has 0 aliphatic carbocycles. The van der Waals surface area contributed by atoms with Crippen molar-refractivity contribution in [3.05, 3.63) is 53.6 Å². The van der Waals surface area contributed by atoms with Gasteiger partial charge in [0.15, 0.2) is 0 Å². The van der Waals surface area contributed by atoms with Gasteiger partial charge in [-0.15, -0.1) is 0 Å². The Morgan fingerprint density at radius 3 is 2.25 bits per heavy atom. The number of amides is 2. The molecule has 0 aromatic heterocycles. The summed E-state index contributed by atoms with van der Waals surface area (Å²) >= 11 is 0. The van der Waals surface area contributed by atoms with E-state index in [1.165, 1.54) is 12.7 Å². The third-order valence-corrected chi connectivity index (χ3v) is 4.50. The Hall–Kier alpha value is -2.82. The fraction of sp³-hybridized carbons (Fsp3) is 0.391. The first kappa shape index (κ1) is 21.5. The van der Waals surface area contributed by atoms with Crippen LogP contribution in [0.5, 0.6) is 5.75 Å². The predicted molar refractivity (Wildman–Crippen MR) is 114 cm³/mol. The van der Waals surface area contributed by atoms with Crippen LogP contribution in [0.3, 0.4) is 0 Å². The zero-order valence-corrected chi connectivity index (χ0v) is 17.4. The molecule has 0 spiro atoms. The molecule has 0 aliphatic heterocycles. The lowest BCUT2D eigenvalue weighted by Gasteiger charge is -2.19. The van der Waals surface area contributed by atoms with E-state index in [1.54, 1.807) is 18.2 Å². The Morgan fingerprint density at radius 1 is 1.00 bits per heavy atom. The second-order valence-electron chi connectivity index (χ2n) is 7.85. The Bertz CT molecular complexity index is 821. The monoisotopic (exact) mass is 382 g/mol. The van der Waals surface area contributed by atoms with E-state index >= 15 is 0 Å². The number of rotatable bonds is 7. The fourth-order valence-corrected chi connectivity index (χ4v) is 2.75. The second kappa shape index (κ2) is 9.40. The van der Waals surface area contributed by atoms with E-state index in [4.69, 9.17) is 4.74 Å². The molecule has 0 atom stereocenters. The SMILES string of the molecule is CCCCC(=O)Nc1ccc(NC(=O)c2ccc(C(C)(C)C)cc2)cc1OC. The van der Waals surface area contributed by atoms with Gasteiger partial charge in [0.1, 0.15) is 5.75 Å². The summed E-state index contributed by atoms with van der Waals surface area (Å²) in [6, 6.07) is 12.8. The lowest BCUT2D eigenvalue weighted by molar-refractivity contribution is -0.116. The van der Waals surface area contributed by atoms with Crippen LogP contribution in [-0.4, -0.2) is 18.9 Å². The standard InChI is InChI=1S/C23H30N2O3/c1-6-7-8-21(26)25-19-14-13-18(15-20(19)28-5)24-22(27)16-9-11-17(12-10-16)23(2,3)4/h9-15H,6-8H2,1-5H3,(H,24,27)(H,25,26). The van der Waals surface area contributed by atoms with Gasteiger partial charge >= 0.3 is 0 Å². The molecule has 0 saturated carbocycles. The normalized spacial score (nSPS) is 11.0. The van der Waals surface area contributed by atoms with E-state index < -0.39 is 0 Å². The first-order valence-corrected chi connectivity index (χ1v) is 9.64. The van der Waals surface area contributed by atoms with Gasteiger partial charge in [-0.1, -0.05) is 46.2 Å². The third kappa shape index (κ3) is 5.84. The van der Waals surface area contributed by atoms with Gasteiger partial charge < -0.3 is 15.4 Å². The van der Waals surface area contributed by atoms with Gasteiger partial charge in [-0.2, -0.15) is 0 Å². The molecule has 0 fully saturated rings. The van der Waals surface area contributed by atoms with Crippen LogP contribution < -0.4 is 15.4 Å². The summed E-state index contributed by atoms with van der Waals surface area (Å²) in [6.07, 6.45) is 2.28. The summed E-state index contributed by atoms with van der Waals surface area (Å²) in [7, 11) is 1.54. The summed E-state index contributed by atoms with van der Waals surface area (Å²) < 4.78 is 5.37. The molecule has 0 unspecified atom stereocenters. The number of anilines is 2. The minimum atomic E-state index is -0.192. The van der Waals surface area contributed by atoms with Crippen molar-refractivity contribution in [2.45, 2.75) is 52.4 Å². The fourth-order valence-electron chi connectivity index (χ4n) is 2.75. The molecule has 0 bridgehead atoms. The molecule has 28 heavy (non-hydrogen) atoms. The number of hydrogen-bond donors (Lipinski definition) is 2. The van der Waals surface area contributed by atoms with Crippen LogP contribution in [0.2, 0.25) is 0 Å². The Balaban J connectivity index is 2.09. The molecule has 0 aliphatic rings. The summed E-state index contributed by atoms with van der Waals surface area (Å²) in [6.45, 7) is 8.45. The van der Waals surface area contributed by atoms with Crippen LogP contribution >= 0.6 is 0 Å². The highest BCUT2D eigenvalue weighted by molar-refractivity contribution is 6.04. The molecule has 2 N–H and O–H groups in total. The van der Waals surface area contributed by atoms with Gasteiger partial charge in [-0.3, -0.25) is 9.59 Å². The highest BCUT2D eigenvalue weighted by Gasteiger charge is 2.15. The van der Waals surface area contributed by atoms with E-state index in [0.29, 0.717) is 29.1 Å². The van der Waals surface area contributed by atoms with Gasteiger partial charge in [-0.05, 0) is 41.7 Å². The van der Waals surface area contributed by atoms with Crippen molar-refractivity contribution in [2.75, 3.05) is 17.7 Å². The number of hydrogen-bond acceptors (Lipinski definition) is 3. The number of unbranched alkanes of at least 4 members (excludes halogenated alkanes) is 1. The van der Waals surface area contributed by atoms with E-state index in [1.807, 2.05) is 31.2 Å². The first-order valence-electron chi connectivity index (χ1n) is 9.64. The van der Waals surface area contributed by atoms with Crippen LogP contribution in [0, 0.1) is 0 Å². The maximum absolute atomic E-state index is 12.5. The summed E-state index contributed by atoms with van der Waals surface area (Å²) in [4.78, 5) is 24.5. The number of methoxy groups -OCH3 is 1. The Labute approximate surface area is 167 Å². The van der Waals surface area contributed by atoms with Crippen LogP contribution in [0.4, 0.5) is 11.4 Å². The minimum absolute atomic E-state index is 0.0414. The average molecular weight is 383 g/mol. The second-order valence-corrected chi connectivity index (χ2v) is 7.85. The van der Waals surface area contributed by atoms with Crippen molar-refractivity contribution in [1.82, 2.24) is 0 Å². The quantitative estimate of drug-likeness (QED) is 0.676. The van der Waals surface area contributed by atoms with Crippen molar-refractivity contribution >= 4 is 23.2 Å². The number of benzene rings is 2. The summed E-state index contributed by atoms with van der Waals surface area (Å²) in [5.41, 5.74) is 3.00. The van der Waals surface area contributed by atoms with Gasteiger partial charge in [0.25, 0.3) is 5.91 Å². The molecule has 0 heterocycles. The van der Waals surface area contributed by atoms with E-state index in [2.05, 4.69) is 31.4 Å². The molecular formula is C23H30N2O3. The largest absolute Gasteiger partial charge is 0.494 e. The summed E-state index contributed by atoms with van der Waals surface area (Å²) in [5, 5.41) is 5.73. The van der Waals surface area contributed by atoms with Gasteiger partial charge in [0, 0.05) is 23.7 Å². The lowest BCUT2D eigenvalue weighted by Crippen LogP contribution is -2.15. The topological polar surface area (TPSA) is 67.4 Å². The average Bonchev–Trinajstić information content (AvgIpc) is 2.66. The van der Waals surface area contributed by atoms with Crippen LogP contribution in [0.15, 0.2) is 42.5 Å². The number of nitrogens with one attached hydrogen (secondary N) is 2. The minimum Gasteiger partial charge on any atom is -0.494 e. The molecule has 150 valence electrons. The molecule has 2 rings (SSSR count). The van der Waals surface area contributed by atoms with Crippen LogP contribution in [0.25, 0.3) is 0 Å². The van der Waals surface area contributed by atoms with E-state index in [0.717, 1.165) is 12.8 Å². The molecule has 5 heteroatoms. The molecule has 2 aromatic rings. The molecule has 0 saturated heterocycles. The van der Waals surface area contributed by atoms with Crippen LogP contribution in [-0.2, 0) is 10.2 Å². The third-order valence-electron chi connectivity index (χ3n) is 4.50. The number of carbonyl (C=O) groups excluding carboxylic acids is 2. The van der Waals surface area contributed by atoms with Gasteiger partial charge in [0.05, 0.1) is 12.8 Å². The zero-order valence-electron chi connectivity index (χ0n) is 17.4. The van der Waals surface area contributed by atoms with Crippen molar-refractivity contribution in [3.63, 3.8) is 0 Å². The van der Waals surface area contributed by atoms with Crippen molar-refractivity contribution in [1.29, 1.82) is 0 Å². The lowest BCUT2D eigenvalue weighted by atomic mass is 9.87. The number of carbonyl (C=O) groups is 2. The van der Waals surface area contributed by atoms with Crippen molar-refractivity contribution in [3.8, 4) is 5.75 Å². The van der Waals surface area contributed by atoms with E-state index in [-0.39, 0.29) is 17.2 Å². The van der Waals surface area contributed by atoms with Crippen molar-refractivity contribution in [2.24, 2.45) is 0 Å². The molecular weight excluding hydrogens is 352 g/mol. The highest BCUT2D eigenvalue weighted by atomic mass is 16.5. The smallest absolute Gasteiger partial charge is 0.255 e. The Kier molecular flexibility index (Phi) is 7.21. The van der Waals surface area contributed by atoms with Crippen molar-refractivity contribution < 1.29 is 14.3 Å². The predicted octanol–water partition coefficient (Wildman–Crippen LogP) is 5.37. The van der Waals surface area contributed by atoms with E-state index in [9.17, 15) is 9.59 Å². The molecule has 0 radical (unpaired) electrons. The molecule has 2 amide bonds. The number of ether oxygens (including phenoxy) is 1. The highest BCUT2D eigenvalue weighted by Crippen LogP contribution is 2.29. The van der Waals surface area contributed by atoms with Gasteiger partial charge in [0.2, 0.25) is 5.91 Å². The molecule has 5 nitrogen and oxygen atoms in total. The van der Waals surface area contributed by atoms with Crippen LogP contribution in [0.1, 0.15) is 62.9 Å². The first-order chi connectivity index (χ1) is 13.2. The molecule has 2 aromatic carbocycles. The zero-order chi connectivity index (χ0) is 20.7.